The number of hydrogen-bond donors (Lipinski definition) is 2. The van der Waals surface area contributed by atoms with Crippen LogP contribution in [-0.2, 0) is 11.2 Å². The highest BCUT2D eigenvalue weighted by atomic mass is 19.1. The molecule has 0 fully saturated rings. The van der Waals surface area contributed by atoms with Crippen molar-refractivity contribution < 1.29 is 23.8 Å². The van der Waals surface area contributed by atoms with Gasteiger partial charge in [0.05, 0.1) is 5.69 Å². The van der Waals surface area contributed by atoms with E-state index in [0.717, 1.165) is 6.07 Å². The molecule has 1 amide bonds. The summed E-state index contributed by atoms with van der Waals surface area (Å²) in [5, 5.41) is 11.2. The standard InChI is InChI=1S/C13H14FNO4/c1-3-5-19-13(18)15-10-7-8(4-2)6-9(14)11(10)12(16)17/h3,6-7H,1,4-5H2,2H3,(H,15,18)(H,16,17). The first-order valence-electron chi connectivity index (χ1n) is 5.60. The second-order valence-corrected chi connectivity index (χ2v) is 3.67. The summed E-state index contributed by atoms with van der Waals surface area (Å²) in [6.07, 6.45) is 1.00. The summed E-state index contributed by atoms with van der Waals surface area (Å²) in [5.41, 5.74) is -0.146. The fraction of sp³-hybridized carbons (Fsp3) is 0.231. The molecule has 0 atom stereocenters. The summed E-state index contributed by atoms with van der Waals surface area (Å²) in [7, 11) is 0. The minimum absolute atomic E-state index is 0.0236. The van der Waals surface area contributed by atoms with Crippen molar-refractivity contribution in [3.05, 3.63) is 41.7 Å². The van der Waals surface area contributed by atoms with Gasteiger partial charge in [-0.2, -0.15) is 0 Å². The maximum absolute atomic E-state index is 13.7. The summed E-state index contributed by atoms with van der Waals surface area (Å²) in [4.78, 5) is 22.4. The van der Waals surface area contributed by atoms with Gasteiger partial charge in [0, 0.05) is 0 Å². The SMILES string of the molecule is C=CCOC(=O)Nc1cc(CC)cc(F)c1C(=O)O. The topological polar surface area (TPSA) is 75.6 Å². The molecule has 0 unspecified atom stereocenters. The van der Waals surface area contributed by atoms with Crippen LogP contribution in [0.5, 0.6) is 0 Å². The zero-order valence-corrected chi connectivity index (χ0v) is 10.4. The molecular weight excluding hydrogens is 253 g/mol. The average molecular weight is 267 g/mol. The summed E-state index contributed by atoms with van der Waals surface area (Å²) in [6, 6.07) is 2.53. The van der Waals surface area contributed by atoms with Gasteiger partial charge in [0.1, 0.15) is 18.0 Å². The third kappa shape index (κ3) is 3.80. The van der Waals surface area contributed by atoms with Crippen LogP contribution in [-0.4, -0.2) is 23.8 Å². The first-order valence-corrected chi connectivity index (χ1v) is 5.60. The zero-order chi connectivity index (χ0) is 14.4. The van der Waals surface area contributed by atoms with Crippen molar-refractivity contribution in [3.63, 3.8) is 0 Å². The van der Waals surface area contributed by atoms with Crippen molar-refractivity contribution in [2.45, 2.75) is 13.3 Å². The maximum Gasteiger partial charge on any atom is 0.411 e. The molecule has 102 valence electrons. The van der Waals surface area contributed by atoms with E-state index in [-0.39, 0.29) is 12.3 Å². The molecule has 0 bridgehead atoms. The van der Waals surface area contributed by atoms with Gasteiger partial charge in [0.2, 0.25) is 0 Å². The predicted octanol–water partition coefficient (Wildman–Crippen LogP) is 2.82. The largest absolute Gasteiger partial charge is 0.478 e. The van der Waals surface area contributed by atoms with E-state index in [9.17, 15) is 14.0 Å². The van der Waals surface area contributed by atoms with Crippen molar-refractivity contribution in [1.82, 2.24) is 0 Å². The molecule has 2 N–H and O–H groups in total. The van der Waals surface area contributed by atoms with Gasteiger partial charge in [-0.1, -0.05) is 19.6 Å². The van der Waals surface area contributed by atoms with Crippen molar-refractivity contribution in [1.29, 1.82) is 0 Å². The Bertz CT molecular complexity index is 514. The molecule has 0 aliphatic heterocycles. The first-order chi connectivity index (χ1) is 8.99. The summed E-state index contributed by atoms with van der Waals surface area (Å²) >= 11 is 0. The minimum Gasteiger partial charge on any atom is -0.478 e. The van der Waals surface area contributed by atoms with Crippen LogP contribution >= 0.6 is 0 Å². The molecule has 6 heteroatoms. The molecule has 0 heterocycles. The van der Waals surface area contributed by atoms with Gasteiger partial charge in [-0.3, -0.25) is 5.32 Å². The number of anilines is 1. The van der Waals surface area contributed by atoms with Crippen LogP contribution < -0.4 is 5.32 Å². The number of hydrogen-bond acceptors (Lipinski definition) is 3. The van der Waals surface area contributed by atoms with Gasteiger partial charge < -0.3 is 9.84 Å². The normalized spacial score (nSPS) is 9.79. The highest BCUT2D eigenvalue weighted by Crippen LogP contribution is 2.22. The molecule has 1 aromatic carbocycles. The highest BCUT2D eigenvalue weighted by Gasteiger charge is 2.19. The number of benzene rings is 1. The van der Waals surface area contributed by atoms with E-state index >= 15 is 0 Å². The lowest BCUT2D eigenvalue weighted by Gasteiger charge is -2.11. The van der Waals surface area contributed by atoms with Gasteiger partial charge in [-0.25, -0.2) is 14.0 Å². The third-order valence-corrected chi connectivity index (χ3v) is 2.34. The van der Waals surface area contributed by atoms with Crippen LogP contribution in [0.25, 0.3) is 0 Å². The third-order valence-electron chi connectivity index (χ3n) is 2.34. The van der Waals surface area contributed by atoms with E-state index in [2.05, 4.69) is 16.6 Å². The molecule has 1 aromatic rings. The molecule has 0 saturated heterocycles. The van der Waals surface area contributed by atoms with Crippen LogP contribution in [0.15, 0.2) is 24.8 Å². The fourth-order valence-electron chi connectivity index (χ4n) is 1.46. The van der Waals surface area contributed by atoms with Gasteiger partial charge >= 0.3 is 12.1 Å². The number of carbonyl (C=O) groups is 2. The molecular formula is C13H14FNO4. The van der Waals surface area contributed by atoms with E-state index in [4.69, 9.17) is 5.11 Å². The molecule has 5 nitrogen and oxygen atoms in total. The fourth-order valence-corrected chi connectivity index (χ4v) is 1.46. The van der Waals surface area contributed by atoms with Gasteiger partial charge in [-0.15, -0.1) is 0 Å². The van der Waals surface area contributed by atoms with Crippen molar-refractivity contribution in [2.24, 2.45) is 0 Å². The summed E-state index contributed by atoms with van der Waals surface area (Å²) in [6.45, 7) is 5.13. The molecule has 0 saturated carbocycles. The predicted molar refractivity (Wildman–Crippen MR) is 67.9 cm³/mol. The number of carboxylic acids is 1. The van der Waals surface area contributed by atoms with Crippen molar-refractivity contribution in [2.75, 3.05) is 11.9 Å². The minimum atomic E-state index is -1.46. The van der Waals surface area contributed by atoms with E-state index in [1.165, 1.54) is 12.1 Å². The number of aryl methyl sites for hydroxylation is 1. The van der Waals surface area contributed by atoms with Crippen LogP contribution in [0.1, 0.15) is 22.8 Å². The summed E-state index contributed by atoms with van der Waals surface area (Å²) in [5.74, 6) is -2.36. The Hall–Kier alpha value is -2.37. The Morgan fingerprint density at radius 2 is 2.21 bits per heavy atom. The number of nitrogens with one attached hydrogen (secondary N) is 1. The molecule has 1 rings (SSSR count). The average Bonchev–Trinajstić information content (AvgIpc) is 2.35. The quantitative estimate of drug-likeness (QED) is 0.804. The second kappa shape index (κ2) is 6.53. The number of amides is 1. The number of halogens is 1. The van der Waals surface area contributed by atoms with Crippen LogP contribution in [0.4, 0.5) is 14.9 Å². The number of carbonyl (C=O) groups excluding carboxylic acids is 1. The molecule has 0 aliphatic rings. The smallest absolute Gasteiger partial charge is 0.411 e. The van der Waals surface area contributed by atoms with Crippen molar-refractivity contribution >= 4 is 17.7 Å². The van der Waals surface area contributed by atoms with Gasteiger partial charge in [-0.05, 0) is 24.1 Å². The van der Waals surface area contributed by atoms with Crippen molar-refractivity contribution in [3.8, 4) is 0 Å². The Kier molecular flexibility index (Phi) is 5.05. The van der Waals surface area contributed by atoms with E-state index in [1.807, 2.05) is 0 Å². The maximum atomic E-state index is 13.7. The van der Waals surface area contributed by atoms with Gasteiger partial charge in [0.25, 0.3) is 0 Å². The Morgan fingerprint density at radius 3 is 2.74 bits per heavy atom. The number of ether oxygens (including phenoxy) is 1. The Labute approximate surface area is 109 Å². The number of rotatable bonds is 5. The summed E-state index contributed by atoms with van der Waals surface area (Å²) < 4.78 is 18.3. The van der Waals surface area contributed by atoms with Crippen LogP contribution in [0.3, 0.4) is 0 Å². The van der Waals surface area contributed by atoms with E-state index < -0.39 is 23.4 Å². The number of aromatic carboxylic acids is 1. The van der Waals surface area contributed by atoms with Crippen LogP contribution in [0, 0.1) is 5.82 Å². The highest BCUT2D eigenvalue weighted by molar-refractivity contribution is 5.99. The van der Waals surface area contributed by atoms with E-state index in [0.29, 0.717) is 12.0 Å². The Morgan fingerprint density at radius 1 is 1.53 bits per heavy atom. The monoisotopic (exact) mass is 267 g/mol. The molecule has 0 radical (unpaired) electrons. The molecule has 19 heavy (non-hydrogen) atoms. The molecule has 0 aromatic heterocycles. The lowest BCUT2D eigenvalue weighted by molar-refractivity contribution is 0.0693. The molecule has 0 spiro atoms. The lowest BCUT2D eigenvalue weighted by Crippen LogP contribution is -2.17. The lowest BCUT2D eigenvalue weighted by atomic mass is 10.1. The molecule has 0 aliphatic carbocycles. The first kappa shape index (κ1) is 14.7. The van der Waals surface area contributed by atoms with Crippen LogP contribution in [0.2, 0.25) is 0 Å². The zero-order valence-electron chi connectivity index (χ0n) is 10.4. The number of carboxylic acid groups (broad SMARTS) is 1. The van der Waals surface area contributed by atoms with E-state index in [1.54, 1.807) is 6.92 Å². The van der Waals surface area contributed by atoms with Gasteiger partial charge in [0.15, 0.2) is 0 Å². The second-order valence-electron chi connectivity index (χ2n) is 3.67. The Balaban J connectivity index is 3.09.